The fourth-order valence-electron chi connectivity index (χ4n) is 2.61. The third kappa shape index (κ3) is 3.65. The zero-order valence-electron chi connectivity index (χ0n) is 14.3. The van der Waals surface area contributed by atoms with E-state index in [-0.39, 0.29) is 5.91 Å². The van der Waals surface area contributed by atoms with Crippen molar-refractivity contribution in [3.63, 3.8) is 0 Å². The van der Waals surface area contributed by atoms with Crippen LogP contribution in [0.15, 0.2) is 36.4 Å². The van der Waals surface area contributed by atoms with E-state index in [9.17, 15) is 9.59 Å². The number of fused-ring (bicyclic) bond motifs is 2. The number of ether oxygens (including phenoxy) is 2. The molecule has 0 saturated heterocycles. The Morgan fingerprint density at radius 1 is 1.15 bits per heavy atom. The second kappa shape index (κ2) is 7.49. The molecule has 0 radical (unpaired) electrons. The van der Waals surface area contributed by atoms with Gasteiger partial charge in [0, 0.05) is 22.7 Å². The van der Waals surface area contributed by atoms with Crippen molar-refractivity contribution in [3.05, 3.63) is 52.6 Å². The predicted octanol–water partition coefficient (Wildman–Crippen LogP) is 4.23. The first kappa shape index (κ1) is 17.8. The normalized spacial score (nSPS) is 12.5. The molecule has 0 bridgehead atoms. The van der Waals surface area contributed by atoms with Crippen molar-refractivity contribution in [1.29, 1.82) is 0 Å². The van der Waals surface area contributed by atoms with Gasteiger partial charge >= 0.3 is 5.97 Å². The van der Waals surface area contributed by atoms with Crippen LogP contribution in [0.25, 0.3) is 6.08 Å². The molecule has 3 rings (SSSR count). The summed E-state index contributed by atoms with van der Waals surface area (Å²) in [6.07, 6.45) is 2.90. The van der Waals surface area contributed by atoms with Gasteiger partial charge in [0.05, 0.1) is 36.3 Å². The lowest BCUT2D eigenvalue weighted by Gasteiger charge is -2.13. The van der Waals surface area contributed by atoms with Crippen LogP contribution in [-0.2, 0) is 9.53 Å². The van der Waals surface area contributed by atoms with E-state index < -0.39 is 5.97 Å². The molecule has 1 heterocycles. The highest BCUT2D eigenvalue weighted by atomic mass is 35.5. The molecular formula is C19H17ClN2O4. The van der Waals surface area contributed by atoms with E-state index in [0.29, 0.717) is 45.6 Å². The third-order valence-corrected chi connectivity index (χ3v) is 4.03. The second-order valence-electron chi connectivity index (χ2n) is 5.49. The lowest BCUT2D eigenvalue weighted by atomic mass is 10.1. The highest BCUT2D eigenvalue weighted by Crippen LogP contribution is 2.38. The zero-order chi connectivity index (χ0) is 18.7. The Bertz CT molecular complexity index is 909. The van der Waals surface area contributed by atoms with Crippen molar-refractivity contribution in [1.82, 2.24) is 0 Å². The van der Waals surface area contributed by atoms with Crippen molar-refractivity contribution in [2.24, 2.45) is 0 Å². The SMILES string of the molecule is CCOC(=O)C=Cc1cc2c(cc1OC)Nc1cc(Cl)ccc1C(=O)N2. The van der Waals surface area contributed by atoms with Gasteiger partial charge in [0.1, 0.15) is 5.75 Å². The van der Waals surface area contributed by atoms with Crippen LogP contribution in [0.5, 0.6) is 5.75 Å². The Morgan fingerprint density at radius 2 is 1.92 bits per heavy atom. The predicted molar refractivity (Wildman–Crippen MR) is 101 cm³/mol. The minimum atomic E-state index is -0.450. The lowest BCUT2D eigenvalue weighted by molar-refractivity contribution is -0.137. The number of halogens is 1. The van der Waals surface area contributed by atoms with E-state index in [1.807, 2.05) is 0 Å². The smallest absolute Gasteiger partial charge is 0.330 e. The van der Waals surface area contributed by atoms with E-state index in [0.717, 1.165) is 0 Å². The van der Waals surface area contributed by atoms with Crippen LogP contribution in [0, 0.1) is 0 Å². The average molecular weight is 373 g/mol. The Hall–Kier alpha value is -2.99. The third-order valence-electron chi connectivity index (χ3n) is 3.80. The Kier molecular flexibility index (Phi) is 5.14. The molecule has 0 atom stereocenters. The number of benzene rings is 2. The van der Waals surface area contributed by atoms with Crippen LogP contribution >= 0.6 is 11.6 Å². The second-order valence-corrected chi connectivity index (χ2v) is 5.93. The molecule has 2 aromatic carbocycles. The largest absolute Gasteiger partial charge is 0.496 e. The van der Waals surface area contributed by atoms with Gasteiger partial charge in [-0.2, -0.15) is 0 Å². The number of esters is 1. The quantitative estimate of drug-likeness (QED) is 0.620. The lowest BCUT2D eigenvalue weighted by Crippen LogP contribution is -2.10. The summed E-state index contributed by atoms with van der Waals surface area (Å²) in [7, 11) is 1.53. The molecule has 7 heteroatoms. The van der Waals surface area contributed by atoms with Gasteiger partial charge in [-0.05, 0) is 37.3 Å². The summed E-state index contributed by atoms with van der Waals surface area (Å²) in [6, 6.07) is 8.47. The Balaban J connectivity index is 2.01. The van der Waals surface area contributed by atoms with E-state index in [1.165, 1.54) is 13.2 Å². The summed E-state index contributed by atoms with van der Waals surface area (Å²) in [6.45, 7) is 2.03. The van der Waals surface area contributed by atoms with Gasteiger partial charge in [-0.25, -0.2) is 4.79 Å². The summed E-state index contributed by atoms with van der Waals surface area (Å²) in [4.78, 5) is 24.0. The van der Waals surface area contributed by atoms with Crippen LogP contribution in [0.1, 0.15) is 22.8 Å². The first-order chi connectivity index (χ1) is 12.5. The first-order valence-electron chi connectivity index (χ1n) is 7.96. The number of hydrogen-bond donors (Lipinski definition) is 2. The van der Waals surface area contributed by atoms with Gasteiger partial charge in [-0.1, -0.05) is 11.6 Å². The number of carbonyl (C=O) groups is 2. The van der Waals surface area contributed by atoms with Crippen molar-refractivity contribution >= 4 is 46.6 Å². The van der Waals surface area contributed by atoms with Crippen LogP contribution < -0.4 is 15.4 Å². The number of hydrogen-bond acceptors (Lipinski definition) is 5. The van der Waals surface area contributed by atoms with E-state index in [2.05, 4.69) is 10.6 Å². The molecule has 0 fully saturated rings. The van der Waals surface area contributed by atoms with Crippen molar-refractivity contribution in [3.8, 4) is 5.75 Å². The van der Waals surface area contributed by atoms with Gasteiger partial charge in [-0.3, -0.25) is 4.79 Å². The molecule has 6 nitrogen and oxygen atoms in total. The van der Waals surface area contributed by atoms with Crippen molar-refractivity contribution in [2.75, 3.05) is 24.4 Å². The molecule has 0 unspecified atom stereocenters. The molecule has 0 aromatic heterocycles. The highest BCUT2D eigenvalue weighted by molar-refractivity contribution is 6.31. The fourth-order valence-corrected chi connectivity index (χ4v) is 2.78. The number of rotatable bonds is 4. The van der Waals surface area contributed by atoms with Crippen LogP contribution in [0.3, 0.4) is 0 Å². The maximum atomic E-state index is 12.5. The molecule has 0 spiro atoms. The van der Waals surface area contributed by atoms with Crippen LogP contribution in [0.4, 0.5) is 17.1 Å². The monoisotopic (exact) mass is 372 g/mol. The fraction of sp³-hybridized carbons (Fsp3) is 0.158. The van der Waals surface area contributed by atoms with E-state index in [4.69, 9.17) is 21.1 Å². The molecule has 1 amide bonds. The zero-order valence-corrected chi connectivity index (χ0v) is 15.0. The standard InChI is InChI=1S/C19H17ClN2O4/c1-3-26-18(23)7-4-11-8-15-16(10-17(11)25-2)21-14-9-12(20)5-6-13(14)19(24)22-15/h4-10,21H,3H2,1-2H3,(H,22,24). The van der Waals surface area contributed by atoms with Gasteiger partial charge in [-0.15, -0.1) is 0 Å². The number of nitrogens with one attached hydrogen (secondary N) is 2. The van der Waals surface area contributed by atoms with Crippen molar-refractivity contribution in [2.45, 2.75) is 6.92 Å². The van der Waals surface area contributed by atoms with Crippen LogP contribution in [-0.4, -0.2) is 25.6 Å². The number of anilines is 3. The van der Waals surface area contributed by atoms with Gasteiger partial charge in [0.2, 0.25) is 0 Å². The molecule has 26 heavy (non-hydrogen) atoms. The number of methoxy groups -OCH3 is 1. The average Bonchev–Trinajstić information content (AvgIpc) is 2.74. The summed E-state index contributed by atoms with van der Waals surface area (Å²) in [5.41, 5.74) is 2.93. The Labute approximate surface area is 155 Å². The number of amides is 1. The van der Waals surface area contributed by atoms with Gasteiger partial charge in [0.15, 0.2) is 0 Å². The van der Waals surface area contributed by atoms with Gasteiger partial charge < -0.3 is 20.1 Å². The molecule has 0 aliphatic carbocycles. The highest BCUT2D eigenvalue weighted by Gasteiger charge is 2.20. The molecule has 1 aliphatic rings. The molecule has 2 aromatic rings. The van der Waals surface area contributed by atoms with Gasteiger partial charge in [0.25, 0.3) is 5.91 Å². The molecular weight excluding hydrogens is 356 g/mol. The number of carbonyl (C=O) groups excluding carboxylic acids is 2. The topological polar surface area (TPSA) is 76.7 Å². The minimum Gasteiger partial charge on any atom is -0.496 e. The maximum Gasteiger partial charge on any atom is 0.330 e. The molecule has 2 N–H and O–H groups in total. The van der Waals surface area contributed by atoms with E-state index in [1.54, 1.807) is 43.3 Å². The summed E-state index contributed by atoms with van der Waals surface area (Å²) in [5, 5.41) is 6.57. The maximum absolute atomic E-state index is 12.5. The molecule has 0 saturated carbocycles. The first-order valence-corrected chi connectivity index (χ1v) is 8.34. The minimum absolute atomic E-state index is 0.256. The Morgan fingerprint density at radius 3 is 2.65 bits per heavy atom. The van der Waals surface area contributed by atoms with Crippen LogP contribution in [0.2, 0.25) is 5.02 Å². The molecule has 134 valence electrons. The van der Waals surface area contributed by atoms with E-state index >= 15 is 0 Å². The summed E-state index contributed by atoms with van der Waals surface area (Å²) in [5.74, 6) is -0.168. The summed E-state index contributed by atoms with van der Waals surface area (Å²) >= 11 is 6.04. The van der Waals surface area contributed by atoms with Crippen molar-refractivity contribution < 1.29 is 19.1 Å². The molecule has 1 aliphatic heterocycles. The summed E-state index contributed by atoms with van der Waals surface area (Å²) < 4.78 is 10.3.